The van der Waals surface area contributed by atoms with Crippen LogP contribution >= 0.6 is 23.5 Å². The summed E-state index contributed by atoms with van der Waals surface area (Å²) >= 11 is 7.70. The Hall–Kier alpha value is -2.02. The van der Waals surface area contributed by atoms with Crippen LogP contribution in [0.15, 0.2) is 53.4 Å². The van der Waals surface area contributed by atoms with E-state index in [2.05, 4.69) is 36.1 Å². The van der Waals surface area contributed by atoms with Crippen LogP contribution in [0.2, 0.25) is 5.02 Å². The molecule has 7 heteroatoms. The van der Waals surface area contributed by atoms with Gasteiger partial charge in [0.2, 0.25) is 11.8 Å². The van der Waals surface area contributed by atoms with Gasteiger partial charge in [0.15, 0.2) is 0 Å². The lowest BCUT2D eigenvalue weighted by Crippen LogP contribution is -2.47. The van der Waals surface area contributed by atoms with Gasteiger partial charge in [-0.2, -0.15) is 0 Å². The van der Waals surface area contributed by atoms with Crippen LogP contribution in [0.5, 0.6) is 0 Å². The van der Waals surface area contributed by atoms with Crippen molar-refractivity contribution in [2.24, 2.45) is 5.92 Å². The SMILES string of the molecule is CC(C)(C)NSc1ccc(NC(=O)C(Cc2cccc(Cl)c2)NC(=O)C2CCCCC2)cc1. The van der Waals surface area contributed by atoms with Gasteiger partial charge in [0.05, 0.1) is 0 Å². The molecule has 0 aliphatic heterocycles. The van der Waals surface area contributed by atoms with E-state index in [1.165, 1.54) is 6.42 Å². The van der Waals surface area contributed by atoms with Gasteiger partial charge in [0, 0.05) is 33.5 Å². The van der Waals surface area contributed by atoms with Crippen LogP contribution in [0.3, 0.4) is 0 Å². The number of nitrogens with one attached hydrogen (secondary N) is 3. The average Bonchev–Trinajstić information content (AvgIpc) is 2.78. The van der Waals surface area contributed by atoms with Crippen molar-refractivity contribution in [2.45, 2.75) is 75.8 Å². The summed E-state index contributed by atoms with van der Waals surface area (Å²) in [4.78, 5) is 27.1. The smallest absolute Gasteiger partial charge is 0.247 e. The number of anilines is 1. The van der Waals surface area contributed by atoms with Gasteiger partial charge in [-0.15, -0.1) is 0 Å². The Kier molecular flexibility index (Phi) is 9.24. The van der Waals surface area contributed by atoms with Crippen LogP contribution in [0.25, 0.3) is 0 Å². The standard InChI is InChI=1S/C26H34ClN3O2S/c1-26(2,3)30-33-22-14-12-21(13-15-22)28-25(32)23(17-18-8-7-11-20(27)16-18)29-24(31)19-9-5-4-6-10-19/h7-8,11-16,19,23,30H,4-6,9-10,17H2,1-3H3,(H,28,32)(H,29,31). The fourth-order valence-electron chi connectivity index (χ4n) is 3.81. The third-order valence-corrected chi connectivity index (χ3v) is 6.99. The lowest BCUT2D eigenvalue weighted by atomic mass is 9.88. The Morgan fingerprint density at radius 3 is 2.39 bits per heavy atom. The van der Waals surface area contributed by atoms with Gasteiger partial charge >= 0.3 is 0 Å². The van der Waals surface area contributed by atoms with Crippen molar-refractivity contribution in [1.82, 2.24) is 10.0 Å². The highest BCUT2D eigenvalue weighted by Crippen LogP contribution is 2.24. The van der Waals surface area contributed by atoms with Crippen molar-refractivity contribution >= 4 is 41.1 Å². The number of hydrogen-bond donors (Lipinski definition) is 3. The first kappa shape index (κ1) is 25.6. The van der Waals surface area contributed by atoms with Crippen molar-refractivity contribution in [2.75, 3.05) is 5.32 Å². The molecule has 3 N–H and O–H groups in total. The van der Waals surface area contributed by atoms with Crippen molar-refractivity contribution in [3.63, 3.8) is 0 Å². The fourth-order valence-corrected chi connectivity index (χ4v) is 4.72. The van der Waals surface area contributed by atoms with Gasteiger partial charge in [-0.05, 0) is 87.5 Å². The highest BCUT2D eigenvalue weighted by Gasteiger charge is 2.27. The molecular formula is C26H34ClN3O2S. The fraction of sp³-hybridized carbons (Fsp3) is 0.462. The number of carbonyl (C=O) groups excluding carboxylic acids is 2. The summed E-state index contributed by atoms with van der Waals surface area (Å²) in [5.41, 5.74) is 1.61. The van der Waals surface area contributed by atoms with Crippen LogP contribution in [-0.2, 0) is 16.0 Å². The third-order valence-electron chi connectivity index (χ3n) is 5.53. The zero-order valence-corrected chi connectivity index (χ0v) is 21.2. The van der Waals surface area contributed by atoms with E-state index < -0.39 is 6.04 Å². The molecule has 1 unspecified atom stereocenters. The molecule has 1 atom stereocenters. The topological polar surface area (TPSA) is 70.2 Å². The molecule has 3 rings (SSSR count). The molecule has 2 aromatic rings. The maximum absolute atomic E-state index is 13.2. The van der Waals surface area contributed by atoms with E-state index in [4.69, 9.17) is 11.6 Å². The van der Waals surface area contributed by atoms with E-state index in [0.717, 1.165) is 36.1 Å². The van der Waals surface area contributed by atoms with E-state index in [0.29, 0.717) is 17.1 Å². The molecular weight excluding hydrogens is 454 g/mol. The lowest BCUT2D eigenvalue weighted by molar-refractivity contribution is -0.130. The molecule has 2 amide bonds. The molecule has 0 saturated heterocycles. The minimum atomic E-state index is -0.672. The summed E-state index contributed by atoms with van der Waals surface area (Å²) in [5, 5.41) is 6.60. The summed E-state index contributed by atoms with van der Waals surface area (Å²) < 4.78 is 3.37. The van der Waals surface area contributed by atoms with Gasteiger partial charge < -0.3 is 10.6 Å². The minimum absolute atomic E-state index is 0.00164. The summed E-state index contributed by atoms with van der Waals surface area (Å²) in [6.07, 6.45) is 5.47. The Morgan fingerprint density at radius 2 is 1.76 bits per heavy atom. The molecule has 1 fully saturated rings. The predicted molar refractivity (Wildman–Crippen MR) is 137 cm³/mol. The zero-order valence-electron chi connectivity index (χ0n) is 19.6. The second kappa shape index (κ2) is 11.9. The van der Waals surface area contributed by atoms with E-state index in [-0.39, 0.29) is 23.3 Å². The maximum atomic E-state index is 13.2. The first-order chi connectivity index (χ1) is 15.7. The second-order valence-electron chi connectivity index (χ2n) is 9.70. The van der Waals surface area contributed by atoms with Crippen molar-refractivity contribution in [3.8, 4) is 0 Å². The lowest BCUT2D eigenvalue weighted by Gasteiger charge is -2.25. The number of halogens is 1. The first-order valence-electron chi connectivity index (χ1n) is 11.6. The van der Waals surface area contributed by atoms with Crippen molar-refractivity contribution in [3.05, 3.63) is 59.1 Å². The molecule has 5 nitrogen and oxygen atoms in total. The van der Waals surface area contributed by atoms with E-state index in [1.807, 2.05) is 42.5 Å². The Labute approximate surface area is 206 Å². The number of hydrogen-bond acceptors (Lipinski definition) is 4. The maximum Gasteiger partial charge on any atom is 0.247 e. The summed E-state index contributed by atoms with van der Waals surface area (Å²) in [6, 6.07) is 14.4. The molecule has 0 bridgehead atoms. The van der Waals surface area contributed by atoms with E-state index >= 15 is 0 Å². The van der Waals surface area contributed by atoms with Crippen LogP contribution in [0.1, 0.15) is 58.4 Å². The number of rotatable bonds is 8. The summed E-state index contributed by atoms with van der Waals surface area (Å²) in [6.45, 7) is 6.32. The molecule has 0 radical (unpaired) electrons. The van der Waals surface area contributed by atoms with E-state index in [9.17, 15) is 9.59 Å². The average molecular weight is 488 g/mol. The number of amides is 2. The van der Waals surface area contributed by atoms with Crippen LogP contribution in [0.4, 0.5) is 5.69 Å². The minimum Gasteiger partial charge on any atom is -0.344 e. The monoisotopic (exact) mass is 487 g/mol. The van der Waals surface area contributed by atoms with Crippen LogP contribution in [-0.4, -0.2) is 23.4 Å². The van der Waals surface area contributed by atoms with E-state index in [1.54, 1.807) is 18.0 Å². The highest BCUT2D eigenvalue weighted by atomic mass is 35.5. The van der Waals surface area contributed by atoms with Gasteiger partial charge in [0.1, 0.15) is 6.04 Å². The molecule has 0 heterocycles. The van der Waals surface area contributed by atoms with Gasteiger partial charge in [-0.3, -0.25) is 14.3 Å². The molecule has 2 aromatic carbocycles. The molecule has 0 aromatic heterocycles. The normalized spacial score (nSPS) is 15.6. The number of carbonyl (C=O) groups is 2. The van der Waals surface area contributed by atoms with Gasteiger partial charge in [-0.25, -0.2) is 0 Å². The van der Waals surface area contributed by atoms with Crippen LogP contribution < -0.4 is 15.4 Å². The quantitative estimate of drug-likeness (QED) is 0.400. The summed E-state index contributed by atoms with van der Waals surface area (Å²) in [7, 11) is 0. The largest absolute Gasteiger partial charge is 0.344 e. The molecule has 178 valence electrons. The molecule has 0 spiro atoms. The molecule has 33 heavy (non-hydrogen) atoms. The Morgan fingerprint density at radius 1 is 1.06 bits per heavy atom. The second-order valence-corrected chi connectivity index (χ2v) is 11.0. The Bertz CT molecular complexity index is 937. The Balaban J connectivity index is 1.67. The molecule has 1 saturated carbocycles. The highest BCUT2D eigenvalue weighted by molar-refractivity contribution is 7.97. The van der Waals surface area contributed by atoms with Gasteiger partial charge in [0.25, 0.3) is 0 Å². The number of benzene rings is 2. The first-order valence-corrected chi connectivity index (χ1v) is 12.8. The van der Waals surface area contributed by atoms with Crippen molar-refractivity contribution < 1.29 is 9.59 Å². The predicted octanol–water partition coefficient (Wildman–Crippen LogP) is 5.98. The van der Waals surface area contributed by atoms with Gasteiger partial charge in [-0.1, -0.05) is 43.0 Å². The molecule has 1 aliphatic carbocycles. The third kappa shape index (κ3) is 8.69. The summed E-state index contributed by atoms with van der Waals surface area (Å²) in [5.74, 6) is -0.274. The van der Waals surface area contributed by atoms with Crippen molar-refractivity contribution in [1.29, 1.82) is 0 Å². The molecule has 1 aliphatic rings. The van der Waals surface area contributed by atoms with Crippen LogP contribution in [0, 0.1) is 5.92 Å². The zero-order chi connectivity index (χ0) is 23.8.